The average Bonchev–Trinajstić information content (AvgIpc) is 2.58. The molecule has 1 aliphatic rings. The van der Waals surface area contributed by atoms with E-state index in [0.29, 0.717) is 0 Å². The van der Waals surface area contributed by atoms with Gasteiger partial charge in [-0.1, -0.05) is 46.3 Å². The van der Waals surface area contributed by atoms with Gasteiger partial charge in [0.15, 0.2) is 5.11 Å². The van der Waals surface area contributed by atoms with Crippen molar-refractivity contribution < 1.29 is 0 Å². The van der Waals surface area contributed by atoms with Crippen LogP contribution < -0.4 is 5.32 Å². The number of nitrogens with zero attached hydrogens (tertiary/aromatic N) is 1. The fourth-order valence-electron chi connectivity index (χ4n) is 3.02. The molecule has 0 unspecified atom stereocenters. The first kappa shape index (κ1) is 16.5. The van der Waals surface area contributed by atoms with Crippen LogP contribution in [0.3, 0.4) is 0 Å². The smallest absolute Gasteiger partial charge is 0.173 e. The first-order valence-electron chi connectivity index (χ1n) is 8.06. The van der Waals surface area contributed by atoms with Crippen LogP contribution in [0.5, 0.6) is 0 Å². The molecule has 2 nitrogen and oxygen atoms in total. The summed E-state index contributed by atoms with van der Waals surface area (Å²) in [7, 11) is 0. The lowest BCUT2D eigenvalue weighted by Crippen LogP contribution is -2.41. The Morgan fingerprint density at radius 3 is 2.35 bits per heavy atom. The number of likely N-dealkylation sites (tertiary alicyclic amines) is 1. The maximum Gasteiger partial charge on any atom is 0.173 e. The van der Waals surface area contributed by atoms with E-state index in [-0.39, 0.29) is 0 Å². The van der Waals surface area contributed by atoms with E-state index < -0.39 is 0 Å². The lowest BCUT2D eigenvalue weighted by Gasteiger charge is -2.34. The number of nitrogens with one attached hydrogen (secondary N) is 1. The molecule has 3 rings (SSSR count). The molecule has 1 heterocycles. The van der Waals surface area contributed by atoms with Gasteiger partial charge in [-0.15, -0.1) is 0 Å². The SMILES string of the molecule is S=C(Nc1ccc(Br)cc1)N1CCC(Cc2ccccc2)CC1. The van der Waals surface area contributed by atoms with Crippen LogP contribution in [0.4, 0.5) is 5.69 Å². The van der Waals surface area contributed by atoms with Crippen LogP contribution in [0, 0.1) is 5.92 Å². The molecule has 1 saturated heterocycles. The number of thiocarbonyl (C=S) groups is 1. The monoisotopic (exact) mass is 388 g/mol. The first-order valence-corrected chi connectivity index (χ1v) is 9.26. The fourth-order valence-corrected chi connectivity index (χ4v) is 3.59. The number of piperidine rings is 1. The maximum absolute atomic E-state index is 5.56. The van der Waals surface area contributed by atoms with Crippen molar-refractivity contribution in [1.82, 2.24) is 4.90 Å². The Morgan fingerprint density at radius 1 is 1.04 bits per heavy atom. The van der Waals surface area contributed by atoms with Crippen LogP contribution in [-0.4, -0.2) is 23.1 Å². The largest absolute Gasteiger partial charge is 0.349 e. The van der Waals surface area contributed by atoms with Crippen molar-refractivity contribution in [2.24, 2.45) is 5.92 Å². The Balaban J connectivity index is 1.48. The Labute approximate surface area is 152 Å². The van der Waals surface area contributed by atoms with Gasteiger partial charge in [0.25, 0.3) is 0 Å². The minimum absolute atomic E-state index is 0.768. The van der Waals surface area contributed by atoms with Gasteiger partial charge in [0, 0.05) is 23.2 Å². The summed E-state index contributed by atoms with van der Waals surface area (Å²) < 4.78 is 1.08. The molecule has 1 N–H and O–H groups in total. The van der Waals surface area contributed by atoms with Gasteiger partial charge in [-0.2, -0.15) is 0 Å². The number of hydrogen-bond donors (Lipinski definition) is 1. The summed E-state index contributed by atoms with van der Waals surface area (Å²) in [5.41, 5.74) is 2.49. The zero-order chi connectivity index (χ0) is 16.1. The highest BCUT2D eigenvalue weighted by molar-refractivity contribution is 9.10. The van der Waals surface area contributed by atoms with Gasteiger partial charge < -0.3 is 10.2 Å². The third kappa shape index (κ3) is 4.79. The molecule has 120 valence electrons. The van der Waals surface area contributed by atoms with Crippen molar-refractivity contribution in [3.05, 3.63) is 64.6 Å². The van der Waals surface area contributed by atoms with E-state index in [1.165, 1.54) is 24.8 Å². The molecule has 0 saturated carbocycles. The highest BCUT2D eigenvalue weighted by Crippen LogP contribution is 2.22. The third-order valence-electron chi connectivity index (χ3n) is 4.36. The third-order valence-corrected chi connectivity index (χ3v) is 5.25. The average molecular weight is 389 g/mol. The van der Waals surface area contributed by atoms with Gasteiger partial charge in [-0.3, -0.25) is 0 Å². The zero-order valence-electron chi connectivity index (χ0n) is 13.0. The van der Waals surface area contributed by atoms with Crippen LogP contribution in [-0.2, 0) is 6.42 Å². The van der Waals surface area contributed by atoms with Gasteiger partial charge in [-0.05, 0) is 67.2 Å². The molecule has 0 aliphatic carbocycles. The second kappa shape index (κ2) is 7.93. The fraction of sp³-hybridized carbons (Fsp3) is 0.316. The van der Waals surface area contributed by atoms with Crippen LogP contribution >= 0.6 is 28.1 Å². The predicted molar refractivity (Wildman–Crippen MR) is 105 cm³/mol. The molecule has 0 atom stereocenters. The van der Waals surface area contributed by atoms with Crippen molar-refractivity contribution in [3.63, 3.8) is 0 Å². The summed E-state index contributed by atoms with van der Waals surface area (Å²) in [4.78, 5) is 2.29. The first-order chi connectivity index (χ1) is 11.2. The standard InChI is InChI=1S/C19H21BrN2S/c20-17-6-8-18(9-7-17)21-19(23)22-12-10-16(11-13-22)14-15-4-2-1-3-5-15/h1-9,16H,10-14H2,(H,21,23). The van der Waals surface area contributed by atoms with E-state index in [1.54, 1.807) is 0 Å². The molecule has 4 heteroatoms. The molecule has 0 bridgehead atoms. The Hall–Kier alpha value is -1.39. The normalized spacial score (nSPS) is 15.4. The number of benzene rings is 2. The second-order valence-electron chi connectivity index (χ2n) is 6.06. The highest BCUT2D eigenvalue weighted by atomic mass is 79.9. The van der Waals surface area contributed by atoms with Gasteiger partial charge in [0.1, 0.15) is 0 Å². The summed E-state index contributed by atoms with van der Waals surface area (Å²) in [5.74, 6) is 0.768. The van der Waals surface area contributed by atoms with Crippen molar-refractivity contribution in [1.29, 1.82) is 0 Å². The zero-order valence-corrected chi connectivity index (χ0v) is 15.4. The number of anilines is 1. The molecule has 1 aliphatic heterocycles. The van der Waals surface area contributed by atoms with E-state index in [1.807, 2.05) is 24.3 Å². The van der Waals surface area contributed by atoms with Gasteiger partial charge in [-0.25, -0.2) is 0 Å². The van der Waals surface area contributed by atoms with Gasteiger partial charge in [0.05, 0.1) is 0 Å². The van der Waals surface area contributed by atoms with Crippen molar-refractivity contribution in [3.8, 4) is 0 Å². The van der Waals surface area contributed by atoms with E-state index in [2.05, 4.69) is 56.5 Å². The minimum atomic E-state index is 0.768. The number of hydrogen-bond acceptors (Lipinski definition) is 1. The summed E-state index contributed by atoms with van der Waals surface area (Å²) in [6.45, 7) is 2.08. The van der Waals surface area contributed by atoms with E-state index in [0.717, 1.165) is 34.3 Å². The highest BCUT2D eigenvalue weighted by Gasteiger charge is 2.21. The molecular formula is C19H21BrN2S. The summed E-state index contributed by atoms with van der Waals surface area (Å²) >= 11 is 9.01. The Morgan fingerprint density at radius 2 is 1.70 bits per heavy atom. The number of rotatable bonds is 3. The Kier molecular flexibility index (Phi) is 5.68. The second-order valence-corrected chi connectivity index (χ2v) is 7.36. The molecule has 23 heavy (non-hydrogen) atoms. The van der Waals surface area contributed by atoms with Crippen LogP contribution in [0.2, 0.25) is 0 Å². The van der Waals surface area contributed by atoms with Crippen molar-refractivity contribution in [2.45, 2.75) is 19.3 Å². The lowest BCUT2D eigenvalue weighted by molar-refractivity contribution is 0.268. The molecule has 2 aromatic carbocycles. The van der Waals surface area contributed by atoms with Crippen molar-refractivity contribution >= 4 is 38.9 Å². The van der Waals surface area contributed by atoms with Gasteiger partial charge >= 0.3 is 0 Å². The summed E-state index contributed by atoms with van der Waals surface area (Å²) in [6.07, 6.45) is 3.59. The van der Waals surface area contributed by atoms with E-state index >= 15 is 0 Å². The van der Waals surface area contributed by atoms with Gasteiger partial charge in [0.2, 0.25) is 0 Å². The Bertz CT molecular complexity index is 634. The minimum Gasteiger partial charge on any atom is -0.349 e. The summed E-state index contributed by atoms with van der Waals surface area (Å²) in [6, 6.07) is 18.9. The number of halogens is 1. The molecular weight excluding hydrogens is 368 g/mol. The quantitative estimate of drug-likeness (QED) is 0.736. The van der Waals surface area contributed by atoms with E-state index in [4.69, 9.17) is 12.2 Å². The van der Waals surface area contributed by atoms with Crippen LogP contribution in [0.1, 0.15) is 18.4 Å². The topological polar surface area (TPSA) is 15.3 Å². The molecule has 0 aromatic heterocycles. The van der Waals surface area contributed by atoms with Crippen molar-refractivity contribution in [2.75, 3.05) is 18.4 Å². The molecule has 0 amide bonds. The lowest BCUT2D eigenvalue weighted by atomic mass is 9.90. The van der Waals surface area contributed by atoms with E-state index in [9.17, 15) is 0 Å². The molecule has 2 aromatic rings. The van der Waals surface area contributed by atoms with Crippen LogP contribution in [0.25, 0.3) is 0 Å². The molecule has 1 fully saturated rings. The van der Waals surface area contributed by atoms with Crippen LogP contribution in [0.15, 0.2) is 59.1 Å². The molecule has 0 radical (unpaired) electrons. The molecule has 0 spiro atoms. The maximum atomic E-state index is 5.56. The predicted octanol–water partition coefficient (Wildman–Crippen LogP) is 5.10. The summed E-state index contributed by atoms with van der Waals surface area (Å²) in [5, 5.41) is 4.18.